The highest BCUT2D eigenvalue weighted by atomic mass is 16.4. The number of hydrogen-bond donors (Lipinski definition) is 5. The second-order valence-corrected chi connectivity index (χ2v) is 5.68. The molecule has 9 nitrogen and oxygen atoms in total. The maximum Gasteiger partial charge on any atom is 0.326 e. The molecule has 0 unspecified atom stereocenters. The second kappa shape index (κ2) is 8.89. The normalized spacial score (nSPS) is 13.4. The summed E-state index contributed by atoms with van der Waals surface area (Å²) in [5.41, 5.74) is 6.36. The highest BCUT2D eigenvalue weighted by molar-refractivity contribution is 5.89. The molecule has 0 aromatic carbocycles. The van der Waals surface area contributed by atoms with Crippen LogP contribution < -0.4 is 16.4 Å². The summed E-state index contributed by atoms with van der Waals surface area (Å²) >= 11 is 0. The molecule has 9 heteroatoms. The predicted octanol–water partition coefficient (Wildman–Crippen LogP) is -0.989. The van der Waals surface area contributed by atoms with Gasteiger partial charge in [-0.2, -0.15) is 0 Å². The average Bonchev–Trinajstić information content (AvgIpc) is 2.96. The van der Waals surface area contributed by atoms with Crippen molar-refractivity contribution < 1.29 is 19.5 Å². The van der Waals surface area contributed by atoms with Crippen LogP contribution in [0.25, 0.3) is 0 Å². The minimum absolute atomic E-state index is 0.119. The number of carbonyl (C=O) groups excluding carboxylic acids is 2. The molecular weight excluding hydrogens is 302 g/mol. The van der Waals surface area contributed by atoms with Gasteiger partial charge in [0.25, 0.3) is 0 Å². The van der Waals surface area contributed by atoms with Crippen LogP contribution in [0, 0.1) is 5.92 Å². The van der Waals surface area contributed by atoms with E-state index in [1.54, 1.807) is 6.20 Å². The molecule has 0 spiro atoms. The van der Waals surface area contributed by atoms with Gasteiger partial charge in [-0.1, -0.05) is 13.8 Å². The number of nitrogens with two attached hydrogens (primary N) is 1. The molecule has 23 heavy (non-hydrogen) atoms. The number of aromatic nitrogens is 2. The maximum absolute atomic E-state index is 11.8. The van der Waals surface area contributed by atoms with E-state index in [-0.39, 0.29) is 18.9 Å². The van der Waals surface area contributed by atoms with Crippen LogP contribution in [0.15, 0.2) is 12.5 Å². The number of carbonyl (C=O) groups is 3. The fourth-order valence-corrected chi connectivity index (χ4v) is 1.96. The van der Waals surface area contributed by atoms with E-state index in [2.05, 4.69) is 20.6 Å². The Morgan fingerprint density at radius 1 is 1.39 bits per heavy atom. The lowest BCUT2D eigenvalue weighted by Gasteiger charge is -2.17. The number of nitrogens with one attached hydrogen (secondary N) is 3. The van der Waals surface area contributed by atoms with Crippen molar-refractivity contribution in [1.29, 1.82) is 0 Å². The molecule has 1 aromatic heterocycles. The Morgan fingerprint density at radius 2 is 2.09 bits per heavy atom. The van der Waals surface area contributed by atoms with Gasteiger partial charge in [-0.05, 0) is 12.3 Å². The molecule has 128 valence electrons. The molecule has 2 atom stereocenters. The first kappa shape index (κ1) is 18.6. The first-order chi connectivity index (χ1) is 10.8. The Kier molecular flexibility index (Phi) is 7.20. The standard InChI is InChI=1S/C14H23N5O4/c1-8(2)3-11(14(22)23)19-12(20)6-17-13(21)10(15)4-9-5-16-7-18-9/h5,7-8,10-11H,3-4,6,15H2,1-2H3,(H,16,18)(H,17,21)(H,19,20)(H,22,23)/t10-,11+/m1/s1. The van der Waals surface area contributed by atoms with Crippen molar-refractivity contribution in [3.63, 3.8) is 0 Å². The summed E-state index contributed by atoms with van der Waals surface area (Å²) in [6.45, 7) is 3.39. The molecule has 1 aromatic rings. The van der Waals surface area contributed by atoms with Gasteiger partial charge in [0.1, 0.15) is 6.04 Å². The molecule has 6 N–H and O–H groups in total. The van der Waals surface area contributed by atoms with E-state index in [1.807, 2.05) is 13.8 Å². The van der Waals surface area contributed by atoms with E-state index in [9.17, 15) is 14.4 Å². The van der Waals surface area contributed by atoms with Crippen molar-refractivity contribution in [3.8, 4) is 0 Å². The van der Waals surface area contributed by atoms with Gasteiger partial charge >= 0.3 is 5.97 Å². The number of imidazole rings is 1. The molecule has 0 saturated heterocycles. The monoisotopic (exact) mass is 325 g/mol. The minimum atomic E-state index is -1.10. The molecule has 2 amide bonds. The third-order valence-corrected chi connectivity index (χ3v) is 3.08. The van der Waals surface area contributed by atoms with Crippen LogP contribution in [0.3, 0.4) is 0 Å². The molecule has 0 fully saturated rings. The van der Waals surface area contributed by atoms with Crippen molar-refractivity contribution >= 4 is 17.8 Å². The van der Waals surface area contributed by atoms with Gasteiger partial charge in [0.2, 0.25) is 11.8 Å². The van der Waals surface area contributed by atoms with Crippen molar-refractivity contribution in [2.45, 2.75) is 38.8 Å². The first-order valence-electron chi connectivity index (χ1n) is 7.32. The Balaban J connectivity index is 2.39. The average molecular weight is 325 g/mol. The van der Waals surface area contributed by atoms with Crippen LogP contribution in [0.4, 0.5) is 0 Å². The number of hydrogen-bond acceptors (Lipinski definition) is 5. The number of aliphatic carboxylic acids is 1. The zero-order valence-corrected chi connectivity index (χ0v) is 13.2. The first-order valence-corrected chi connectivity index (χ1v) is 7.32. The van der Waals surface area contributed by atoms with E-state index in [4.69, 9.17) is 10.8 Å². The number of rotatable bonds is 9. The quantitative estimate of drug-likeness (QED) is 0.393. The molecule has 1 heterocycles. The van der Waals surface area contributed by atoms with Crippen LogP contribution in [0.1, 0.15) is 26.0 Å². The topological polar surface area (TPSA) is 150 Å². The molecule has 0 bridgehead atoms. The van der Waals surface area contributed by atoms with E-state index < -0.39 is 29.9 Å². The van der Waals surface area contributed by atoms with E-state index >= 15 is 0 Å². The summed E-state index contributed by atoms with van der Waals surface area (Å²) in [7, 11) is 0. The van der Waals surface area contributed by atoms with Gasteiger partial charge in [-0.3, -0.25) is 9.59 Å². The molecule has 0 aliphatic carbocycles. The van der Waals surface area contributed by atoms with Crippen LogP contribution in [-0.4, -0.2) is 51.5 Å². The largest absolute Gasteiger partial charge is 0.480 e. The molecule has 0 saturated carbocycles. The van der Waals surface area contributed by atoms with E-state index in [0.29, 0.717) is 12.1 Å². The number of aromatic amines is 1. The predicted molar refractivity (Wildman–Crippen MR) is 82.3 cm³/mol. The SMILES string of the molecule is CC(C)C[C@H](NC(=O)CNC(=O)[C@H](N)Cc1c[nH]cn1)C(=O)O. The molecule has 1 rings (SSSR count). The Bertz CT molecular complexity index is 529. The zero-order chi connectivity index (χ0) is 17.4. The Hall–Kier alpha value is -2.42. The number of H-pyrrole nitrogens is 1. The third kappa shape index (κ3) is 6.92. The molecular formula is C14H23N5O4. The summed E-state index contributed by atoms with van der Waals surface area (Å²) < 4.78 is 0. The number of carboxylic acid groups (broad SMARTS) is 1. The highest BCUT2D eigenvalue weighted by Gasteiger charge is 2.22. The van der Waals surface area contributed by atoms with Gasteiger partial charge in [0.15, 0.2) is 0 Å². The Morgan fingerprint density at radius 3 is 2.61 bits per heavy atom. The van der Waals surface area contributed by atoms with E-state index in [1.165, 1.54) is 6.33 Å². The lowest BCUT2D eigenvalue weighted by molar-refractivity contribution is -0.142. The number of nitrogens with zero attached hydrogens (tertiary/aromatic N) is 1. The smallest absolute Gasteiger partial charge is 0.326 e. The van der Waals surface area contributed by atoms with Crippen molar-refractivity contribution in [2.24, 2.45) is 11.7 Å². The lowest BCUT2D eigenvalue weighted by atomic mass is 10.0. The van der Waals surface area contributed by atoms with E-state index in [0.717, 1.165) is 0 Å². The van der Waals surface area contributed by atoms with Gasteiger partial charge in [-0.15, -0.1) is 0 Å². The van der Waals surface area contributed by atoms with Crippen LogP contribution in [-0.2, 0) is 20.8 Å². The summed E-state index contributed by atoms with van der Waals surface area (Å²) in [6, 6.07) is -1.81. The zero-order valence-electron chi connectivity index (χ0n) is 13.2. The second-order valence-electron chi connectivity index (χ2n) is 5.68. The highest BCUT2D eigenvalue weighted by Crippen LogP contribution is 2.04. The fraction of sp³-hybridized carbons (Fsp3) is 0.571. The summed E-state index contributed by atoms with van der Waals surface area (Å²) in [6.07, 6.45) is 3.66. The van der Waals surface area contributed by atoms with Gasteiger partial charge in [0, 0.05) is 12.6 Å². The van der Waals surface area contributed by atoms with Gasteiger partial charge in [-0.25, -0.2) is 9.78 Å². The maximum atomic E-state index is 11.8. The number of amides is 2. The summed E-state index contributed by atoms with van der Waals surface area (Å²) in [5.74, 6) is -2.06. The molecule has 0 radical (unpaired) electrons. The number of carboxylic acids is 1. The van der Waals surface area contributed by atoms with Crippen molar-refractivity contribution in [3.05, 3.63) is 18.2 Å². The van der Waals surface area contributed by atoms with Crippen LogP contribution >= 0.6 is 0 Å². The Labute approximate surface area is 134 Å². The van der Waals surface area contributed by atoms with Crippen molar-refractivity contribution in [2.75, 3.05) is 6.54 Å². The summed E-state index contributed by atoms with van der Waals surface area (Å²) in [4.78, 5) is 41.3. The molecule has 0 aliphatic rings. The van der Waals surface area contributed by atoms with Gasteiger partial charge < -0.3 is 26.5 Å². The third-order valence-electron chi connectivity index (χ3n) is 3.08. The van der Waals surface area contributed by atoms with Crippen LogP contribution in [0.2, 0.25) is 0 Å². The van der Waals surface area contributed by atoms with Gasteiger partial charge in [0.05, 0.1) is 24.6 Å². The van der Waals surface area contributed by atoms with Crippen molar-refractivity contribution in [1.82, 2.24) is 20.6 Å². The lowest BCUT2D eigenvalue weighted by Crippen LogP contribution is -2.49. The molecule has 0 aliphatic heterocycles. The fourth-order valence-electron chi connectivity index (χ4n) is 1.96. The summed E-state index contributed by atoms with van der Waals surface area (Å²) in [5, 5.41) is 13.8. The minimum Gasteiger partial charge on any atom is -0.480 e. The van der Waals surface area contributed by atoms with Crippen LogP contribution in [0.5, 0.6) is 0 Å².